The number of imidazole rings is 1. The van der Waals surface area contributed by atoms with Gasteiger partial charge in [0, 0.05) is 22.2 Å². The zero-order valence-corrected chi connectivity index (χ0v) is 18.3. The Kier molecular flexibility index (Phi) is 4.15. The highest BCUT2D eigenvalue weighted by Crippen LogP contribution is 2.39. The molecule has 0 radical (unpaired) electrons. The Balaban J connectivity index is 1.72. The number of aryl methyl sites for hydroxylation is 1. The van der Waals surface area contributed by atoms with E-state index < -0.39 is 0 Å². The largest absolute Gasteiger partial charge is 0.437 e. The fraction of sp³-hybridized carbons (Fsp3) is 0.143. The molecule has 3 aromatic heterocycles. The van der Waals surface area contributed by atoms with E-state index >= 15 is 0 Å². The average molecular weight is 418 g/mol. The Morgan fingerprint density at radius 2 is 1.53 bits per heavy atom. The van der Waals surface area contributed by atoms with Gasteiger partial charge in [0.2, 0.25) is 5.71 Å². The van der Waals surface area contributed by atoms with Crippen LogP contribution in [0.15, 0.2) is 83.3 Å². The Morgan fingerprint density at radius 1 is 0.781 bits per heavy atom. The Bertz CT molecular complexity index is 1610. The van der Waals surface area contributed by atoms with Crippen molar-refractivity contribution in [3.63, 3.8) is 0 Å². The van der Waals surface area contributed by atoms with Crippen LogP contribution in [0.4, 0.5) is 0 Å². The second kappa shape index (κ2) is 7.06. The zero-order valence-electron chi connectivity index (χ0n) is 18.3. The van der Waals surface area contributed by atoms with Crippen LogP contribution in [0, 0.1) is 6.92 Å². The van der Waals surface area contributed by atoms with Crippen LogP contribution in [-0.2, 0) is 0 Å². The van der Waals surface area contributed by atoms with Crippen molar-refractivity contribution in [1.82, 2.24) is 14.5 Å². The summed E-state index contributed by atoms with van der Waals surface area (Å²) in [6, 6.07) is 27.1. The molecule has 0 unspecified atom stereocenters. The number of furan rings is 1. The van der Waals surface area contributed by atoms with Crippen LogP contribution in [0.3, 0.4) is 0 Å². The van der Waals surface area contributed by atoms with Gasteiger partial charge in [-0.1, -0.05) is 56.3 Å². The van der Waals surface area contributed by atoms with Gasteiger partial charge in [-0.3, -0.25) is 4.57 Å². The number of fused-ring (bicyclic) bond motifs is 4. The highest BCUT2D eigenvalue weighted by Gasteiger charge is 2.22. The molecule has 6 aromatic rings. The maximum absolute atomic E-state index is 6.43. The maximum atomic E-state index is 6.43. The normalized spacial score (nSPS) is 11.9. The SMILES string of the molecule is Cc1ccc2c(oc3nc(C(C)C)ccc32)c1-c1nc2ccccc2n1-c1ccccc1. The molecule has 3 heterocycles. The first-order chi connectivity index (χ1) is 15.6. The summed E-state index contributed by atoms with van der Waals surface area (Å²) in [6.45, 7) is 6.41. The number of pyridine rings is 1. The minimum atomic E-state index is 0.344. The Morgan fingerprint density at radius 3 is 2.34 bits per heavy atom. The third-order valence-electron chi connectivity index (χ3n) is 6.13. The fourth-order valence-corrected chi connectivity index (χ4v) is 4.46. The smallest absolute Gasteiger partial charge is 0.227 e. The van der Waals surface area contributed by atoms with Crippen LogP contribution >= 0.6 is 0 Å². The van der Waals surface area contributed by atoms with E-state index in [1.807, 2.05) is 12.1 Å². The Hall–Kier alpha value is -3.92. The highest BCUT2D eigenvalue weighted by atomic mass is 16.3. The topological polar surface area (TPSA) is 43.9 Å². The zero-order chi connectivity index (χ0) is 21.8. The summed E-state index contributed by atoms with van der Waals surface area (Å²) in [5, 5.41) is 2.10. The first-order valence-electron chi connectivity index (χ1n) is 11.0. The van der Waals surface area contributed by atoms with Crippen LogP contribution in [-0.4, -0.2) is 14.5 Å². The molecule has 0 aliphatic rings. The minimum absolute atomic E-state index is 0.344. The third kappa shape index (κ3) is 2.76. The minimum Gasteiger partial charge on any atom is -0.437 e. The quantitative estimate of drug-likeness (QED) is 0.301. The summed E-state index contributed by atoms with van der Waals surface area (Å²) in [6.07, 6.45) is 0. The van der Waals surface area contributed by atoms with Gasteiger partial charge < -0.3 is 4.42 Å². The fourth-order valence-electron chi connectivity index (χ4n) is 4.46. The number of hydrogen-bond acceptors (Lipinski definition) is 3. The summed E-state index contributed by atoms with van der Waals surface area (Å²) in [5.74, 6) is 1.22. The van der Waals surface area contributed by atoms with Gasteiger partial charge in [-0.15, -0.1) is 0 Å². The van der Waals surface area contributed by atoms with Gasteiger partial charge in [0.25, 0.3) is 0 Å². The van der Waals surface area contributed by atoms with E-state index in [4.69, 9.17) is 14.4 Å². The lowest BCUT2D eigenvalue weighted by Crippen LogP contribution is -1.99. The predicted molar refractivity (Wildman–Crippen MR) is 130 cm³/mol. The molecule has 6 rings (SSSR count). The van der Waals surface area contributed by atoms with Crippen molar-refractivity contribution in [2.24, 2.45) is 0 Å². The maximum Gasteiger partial charge on any atom is 0.227 e. The second-order valence-corrected chi connectivity index (χ2v) is 8.57. The molecule has 0 aliphatic heterocycles. The van der Waals surface area contributed by atoms with Crippen LogP contribution in [0.5, 0.6) is 0 Å². The van der Waals surface area contributed by atoms with E-state index in [1.54, 1.807) is 0 Å². The van der Waals surface area contributed by atoms with E-state index in [0.29, 0.717) is 11.6 Å². The molecule has 0 spiro atoms. The molecule has 0 amide bonds. The molecule has 3 aromatic carbocycles. The van der Waals surface area contributed by atoms with Crippen molar-refractivity contribution in [2.45, 2.75) is 26.7 Å². The van der Waals surface area contributed by atoms with Gasteiger partial charge in [0.05, 0.1) is 16.6 Å². The first kappa shape index (κ1) is 18.8. The van der Waals surface area contributed by atoms with Gasteiger partial charge >= 0.3 is 0 Å². The first-order valence-corrected chi connectivity index (χ1v) is 11.0. The lowest BCUT2D eigenvalue weighted by atomic mass is 10.0. The summed E-state index contributed by atoms with van der Waals surface area (Å²) >= 11 is 0. The molecular formula is C28H23N3O. The van der Waals surface area contributed by atoms with Gasteiger partial charge in [-0.05, 0) is 54.8 Å². The van der Waals surface area contributed by atoms with Crippen LogP contribution in [0.2, 0.25) is 0 Å². The number of para-hydroxylation sites is 3. The standard InChI is InChI=1S/C28H23N3O/c1-17(2)22-16-15-21-20-14-13-18(3)25(26(20)32-28(21)30-22)27-29-23-11-7-8-12-24(23)31(27)19-9-5-4-6-10-19/h4-17H,1-3H3. The van der Waals surface area contributed by atoms with Crippen molar-refractivity contribution in [1.29, 1.82) is 0 Å². The number of benzene rings is 3. The van der Waals surface area contributed by atoms with Crippen molar-refractivity contribution >= 4 is 33.1 Å². The van der Waals surface area contributed by atoms with Crippen LogP contribution in [0.1, 0.15) is 31.0 Å². The predicted octanol–water partition coefficient (Wildman–Crippen LogP) is 7.42. The number of rotatable bonds is 3. The van der Waals surface area contributed by atoms with Gasteiger partial charge in [-0.2, -0.15) is 0 Å². The van der Waals surface area contributed by atoms with Crippen molar-refractivity contribution in [3.05, 3.63) is 90.1 Å². The number of hydrogen-bond donors (Lipinski definition) is 0. The molecule has 156 valence electrons. The second-order valence-electron chi connectivity index (χ2n) is 8.57. The average Bonchev–Trinajstić information content (AvgIpc) is 3.37. The molecular weight excluding hydrogens is 394 g/mol. The van der Waals surface area contributed by atoms with E-state index in [2.05, 4.69) is 92.1 Å². The van der Waals surface area contributed by atoms with Crippen molar-refractivity contribution < 1.29 is 4.42 Å². The van der Waals surface area contributed by atoms with Gasteiger partial charge in [0.15, 0.2) is 0 Å². The van der Waals surface area contributed by atoms with Crippen LogP contribution < -0.4 is 0 Å². The van der Waals surface area contributed by atoms with Crippen molar-refractivity contribution in [2.75, 3.05) is 0 Å². The summed E-state index contributed by atoms with van der Waals surface area (Å²) in [5.41, 5.74) is 7.77. The van der Waals surface area contributed by atoms with Gasteiger partial charge in [0.1, 0.15) is 11.4 Å². The molecule has 0 aliphatic carbocycles. The monoisotopic (exact) mass is 417 g/mol. The molecule has 0 fully saturated rings. The molecule has 0 atom stereocenters. The third-order valence-corrected chi connectivity index (χ3v) is 6.13. The van der Waals surface area contributed by atoms with E-state index in [-0.39, 0.29) is 0 Å². The molecule has 4 nitrogen and oxygen atoms in total. The van der Waals surface area contributed by atoms with E-state index in [1.165, 1.54) is 0 Å². The summed E-state index contributed by atoms with van der Waals surface area (Å²) in [4.78, 5) is 9.87. The number of nitrogens with zero attached hydrogens (tertiary/aromatic N) is 3. The van der Waals surface area contributed by atoms with Crippen LogP contribution in [0.25, 0.3) is 50.2 Å². The van der Waals surface area contributed by atoms with E-state index in [0.717, 1.165) is 55.7 Å². The summed E-state index contributed by atoms with van der Waals surface area (Å²) in [7, 11) is 0. The van der Waals surface area contributed by atoms with Crippen molar-refractivity contribution in [3.8, 4) is 17.1 Å². The number of aromatic nitrogens is 3. The lowest BCUT2D eigenvalue weighted by Gasteiger charge is -2.11. The molecule has 0 saturated heterocycles. The lowest BCUT2D eigenvalue weighted by molar-refractivity contribution is 0.648. The molecule has 32 heavy (non-hydrogen) atoms. The van der Waals surface area contributed by atoms with Gasteiger partial charge in [-0.25, -0.2) is 9.97 Å². The Labute approximate surface area is 186 Å². The highest BCUT2D eigenvalue weighted by molar-refractivity contribution is 6.09. The molecule has 0 saturated carbocycles. The molecule has 0 bridgehead atoms. The van der Waals surface area contributed by atoms with E-state index in [9.17, 15) is 0 Å². The molecule has 0 N–H and O–H groups in total. The summed E-state index contributed by atoms with van der Waals surface area (Å²) < 4.78 is 8.65. The molecule has 4 heteroatoms.